The first-order valence-corrected chi connectivity index (χ1v) is 10.7. The van der Waals surface area contributed by atoms with Crippen LogP contribution in [0.5, 0.6) is 0 Å². The van der Waals surface area contributed by atoms with E-state index in [0.29, 0.717) is 25.2 Å². The number of carbonyl (C=O) groups excluding carboxylic acids is 1. The number of hydrogen-bond donors (Lipinski definition) is 1. The molecule has 2 aromatic rings. The monoisotopic (exact) mass is 395 g/mol. The zero-order chi connectivity index (χ0) is 20.2. The van der Waals surface area contributed by atoms with Crippen LogP contribution in [0.4, 0.5) is 14.9 Å². The molecule has 2 fully saturated rings. The van der Waals surface area contributed by atoms with E-state index in [0.717, 1.165) is 31.0 Å². The lowest BCUT2D eigenvalue weighted by Crippen LogP contribution is -2.38. The molecule has 0 spiro atoms. The van der Waals surface area contributed by atoms with Gasteiger partial charge in [0.2, 0.25) is 0 Å². The summed E-state index contributed by atoms with van der Waals surface area (Å²) in [6, 6.07) is 15.3. The van der Waals surface area contributed by atoms with Crippen LogP contribution in [0.15, 0.2) is 48.5 Å². The fourth-order valence-electron chi connectivity index (χ4n) is 4.39. The molecule has 5 heteroatoms. The largest absolute Gasteiger partial charge is 0.372 e. The van der Waals surface area contributed by atoms with E-state index >= 15 is 0 Å². The molecule has 2 aliphatic heterocycles. The van der Waals surface area contributed by atoms with Gasteiger partial charge in [-0.05, 0) is 54.5 Å². The van der Waals surface area contributed by atoms with Crippen LogP contribution in [0.2, 0.25) is 0 Å². The second kappa shape index (κ2) is 8.85. The topological polar surface area (TPSA) is 35.6 Å². The quantitative estimate of drug-likeness (QED) is 0.810. The van der Waals surface area contributed by atoms with Crippen molar-refractivity contribution in [3.8, 4) is 0 Å². The summed E-state index contributed by atoms with van der Waals surface area (Å²) < 4.78 is 14.0. The van der Waals surface area contributed by atoms with E-state index in [9.17, 15) is 9.18 Å². The summed E-state index contributed by atoms with van der Waals surface area (Å²) in [5, 5.41) is 3.01. The number of nitrogens with zero attached hydrogens (tertiary/aromatic N) is 2. The van der Waals surface area contributed by atoms with Crippen LogP contribution in [0, 0.1) is 11.7 Å². The smallest absolute Gasteiger partial charge is 0.317 e. The molecule has 1 unspecified atom stereocenters. The fraction of sp³-hybridized carbons (Fsp3) is 0.458. The maximum absolute atomic E-state index is 14.0. The van der Waals surface area contributed by atoms with Crippen molar-refractivity contribution < 1.29 is 9.18 Å². The van der Waals surface area contributed by atoms with Crippen LogP contribution in [0.25, 0.3) is 0 Å². The van der Waals surface area contributed by atoms with E-state index < -0.39 is 0 Å². The van der Waals surface area contributed by atoms with Crippen LogP contribution in [-0.4, -0.2) is 37.1 Å². The summed E-state index contributed by atoms with van der Waals surface area (Å²) in [6.07, 6.45) is 3.31. The first-order valence-electron chi connectivity index (χ1n) is 10.7. The zero-order valence-corrected chi connectivity index (χ0v) is 17.1. The molecular weight excluding hydrogens is 365 g/mol. The molecule has 2 amide bonds. The summed E-state index contributed by atoms with van der Waals surface area (Å²) in [4.78, 5) is 16.8. The number of piperidine rings is 1. The summed E-state index contributed by atoms with van der Waals surface area (Å²) in [5.41, 5.74) is 3.07. The molecule has 0 aliphatic carbocycles. The number of carbonyl (C=O) groups is 1. The van der Waals surface area contributed by atoms with E-state index in [4.69, 9.17) is 0 Å². The van der Waals surface area contributed by atoms with Crippen molar-refractivity contribution >= 4 is 11.7 Å². The average molecular weight is 396 g/mol. The predicted molar refractivity (Wildman–Crippen MR) is 115 cm³/mol. The number of benzene rings is 2. The van der Waals surface area contributed by atoms with Crippen molar-refractivity contribution in [3.05, 3.63) is 65.5 Å². The zero-order valence-electron chi connectivity index (χ0n) is 17.1. The molecule has 1 atom stereocenters. The Bertz CT molecular complexity index is 830. The SMILES string of the molecule is CC1CCN(c2ccc(CNC(=O)N3CCC(c4ccccc4F)C3)cc2)CC1. The maximum Gasteiger partial charge on any atom is 0.317 e. The van der Waals surface area contributed by atoms with Crippen LogP contribution >= 0.6 is 0 Å². The van der Waals surface area contributed by atoms with Gasteiger partial charge in [0.1, 0.15) is 5.82 Å². The van der Waals surface area contributed by atoms with Crippen LogP contribution in [-0.2, 0) is 6.54 Å². The molecule has 2 aliphatic rings. The molecule has 2 heterocycles. The molecule has 2 saturated heterocycles. The molecule has 29 heavy (non-hydrogen) atoms. The van der Waals surface area contributed by atoms with Crippen LogP contribution in [0.1, 0.15) is 43.2 Å². The highest BCUT2D eigenvalue weighted by molar-refractivity contribution is 5.74. The number of amides is 2. The van der Waals surface area contributed by atoms with Crippen molar-refractivity contribution in [2.24, 2.45) is 5.92 Å². The second-order valence-electron chi connectivity index (χ2n) is 8.45. The first-order chi connectivity index (χ1) is 14.1. The predicted octanol–water partition coefficient (Wildman–Crippen LogP) is 4.76. The van der Waals surface area contributed by atoms with Gasteiger partial charge in [0.05, 0.1) is 0 Å². The van der Waals surface area contributed by atoms with Gasteiger partial charge in [0, 0.05) is 44.3 Å². The van der Waals surface area contributed by atoms with Gasteiger partial charge in [-0.3, -0.25) is 0 Å². The Morgan fingerprint density at radius 2 is 1.76 bits per heavy atom. The van der Waals surface area contributed by atoms with E-state index in [1.54, 1.807) is 11.0 Å². The van der Waals surface area contributed by atoms with Crippen LogP contribution in [0.3, 0.4) is 0 Å². The van der Waals surface area contributed by atoms with Crippen molar-refractivity contribution in [2.75, 3.05) is 31.1 Å². The molecule has 4 nitrogen and oxygen atoms in total. The number of hydrogen-bond acceptors (Lipinski definition) is 2. The number of rotatable bonds is 4. The molecule has 2 aromatic carbocycles. The average Bonchev–Trinajstić information content (AvgIpc) is 3.23. The third-order valence-electron chi connectivity index (χ3n) is 6.35. The molecule has 0 aromatic heterocycles. The van der Waals surface area contributed by atoms with Gasteiger partial charge < -0.3 is 15.1 Å². The van der Waals surface area contributed by atoms with Gasteiger partial charge in [-0.1, -0.05) is 37.3 Å². The maximum atomic E-state index is 14.0. The standard InChI is InChI=1S/C24H30FN3O/c1-18-10-13-27(14-11-18)21-8-6-19(7-9-21)16-26-24(29)28-15-12-20(17-28)22-4-2-3-5-23(22)25/h2-9,18,20H,10-17H2,1H3,(H,26,29). The minimum atomic E-state index is -0.178. The van der Waals surface area contributed by atoms with Crippen molar-refractivity contribution in [1.29, 1.82) is 0 Å². The van der Waals surface area contributed by atoms with E-state index in [1.165, 1.54) is 24.6 Å². The van der Waals surface area contributed by atoms with Crippen molar-refractivity contribution in [2.45, 2.75) is 38.6 Å². The summed E-state index contributed by atoms with van der Waals surface area (Å²) in [6.45, 7) is 6.31. The Balaban J connectivity index is 1.27. The van der Waals surface area contributed by atoms with Crippen molar-refractivity contribution in [3.63, 3.8) is 0 Å². The third kappa shape index (κ3) is 4.72. The highest BCUT2D eigenvalue weighted by atomic mass is 19.1. The van der Waals surface area contributed by atoms with E-state index in [2.05, 4.69) is 41.4 Å². The highest BCUT2D eigenvalue weighted by Gasteiger charge is 2.28. The Morgan fingerprint density at radius 3 is 2.48 bits per heavy atom. The third-order valence-corrected chi connectivity index (χ3v) is 6.35. The second-order valence-corrected chi connectivity index (χ2v) is 8.45. The molecule has 0 saturated carbocycles. The minimum absolute atomic E-state index is 0.0714. The molecule has 154 valence electrons. The van der Waals surface area contributed by atoms with E-state index in [-0.39, 0.29) is 17.8 Å². The Labute approximate surface area is 172 Å². The lowest BCUT2D eigenvalue weighted by Gasteiger charge is -2.32. The number of anilines is 1. The van der Waals surface area contributed by atoms with Crippen LogP contribution < -0.4 is 10.2 Å². The van der Waals surface area contributed by atoms with E-state index in [1.807, 2.05) is 12.1 Å². The lowest BCUT2D eigenvalue weighted by molar-refractivity contribution is 0.207. The summed E-state index contributed by atoms with van der Waals surface area (Å²) >= 11 is 0. The minimum Gasteiger partial charge on any atom is -0.372 e. The Hall–Kier alpha value is -2.56. The number of urea groups is 1. The Morgan fingerprint density at radius 1 is 1.03 bits per heavy atom. The number of nitrogens with one attached hydrogen (secondary N) is 1. The van der Waals surface area contributed by atoms with Gasteiger partial charge in [0.25, 0.3) is 0 Å². The van der Waals surface area contributed by atoms with Gasteiger partial charge in [-0.25, -0.2) is 9.18 Å². The fourth-order valence-corrected chi connectivity index (χ4v) is 4.39. The molecule has 1 N–H and O–H groups in total. The molecule has 4 rings (SSSR count). The lowest BCUT2D eigenvalue weighted by atomic mass is 9.98. The summed E-state index contributed by atoms with van der Waals surface area (Å²) in [5.74, 6) is 0.723. The number of halogens is 1. The Kier molecular flexibility index (Phi) is 6.02. The molecular formula is C24H30FN3O. The first kappa shape index (κ1) is 19.7. The van der Waals surface area contributed by atoms with Gasteiger partial charge in [0.15, 0.2) is 0 Å². The highest BCUT2D eigenvalue weighted by Crippen LogP contribution is 2.29. The van der Waals surface area contributed by atoms with Gasteiger partial charge in [-0.15, -0.1) is 0 Å². The molecule has 0 bridgehead atoms. The normalized spacial score (nSPS) is 20.1. The number of likely N-dealkylation sites (tertiary alicyclic amines) is 1. The van der Waals surface area contributed by atoms with Gasteiger partial charge >= 0.3 is 6.03 Å². The molecule has 0 radical (unpaired) electrons. The van der Waals surface area contributed by atoms with Gasteiger partial charge in [-0.2, -0.15) is 0 Å². The summed E-state index contributed by atoms with van der Waals surface area (Å²) in [7, 11) is 0. The van der Waals surface area contributed by atoms with Crippen molar-refractivity contribution in [1.82, 2.24) is 10.2 Å².